The summed E-state index contributed by atoms with van der Waals surface area (Å²) in [6, 6.07) is 10.7. The maximum atomic E-state index is 13.5. The van der Waals surface area contributed by atoms with Crippen LogP contribution in [0.25, 0.3) is 12.2 Å². The molecule has 0 N–H and O–H groups in total. The van der Waals surface area contributed by atoms with Crippen molar-refractivity contribution in [2.45, 2.75) is 27.7 Å². The van der Waals surface area contributed by atoms with Crippen LogP contribution in [0.2, 0.25) is 0 Å². The first-order valence-electron chi connectivity index (χ1n) is 11.5. The normalized spacial score (nSPS) is 11.4. The summed E-state index contributed by atoms with van der Waals surface area (Å²) in [5.74, 6) is -1.77. The molecular weight excluding hydrogens is 476 g/mol. The topological polar surface area (TPSA) is 105 Å². The van der Waals surface area contributed by atoms with Gasteiger partial charge in [-0.2, -0.15) is 0 Å². The Morgan fingerprint density at radius 1 is 0.703 bits per heavy atom. The van der Waals surface area contributed by atoms with E-state index in [2.05, 4.69) is 0 Å². The first kappa shape index (κ1) is 29.0. The molecule has 0 bridgehead atoms. The minimum absolute atomic E-state index is 0.454. The number of hydrogen-bond acceptors (Lipinski definition) is 8. The van der Waals surface area contributed by atoms with E-state index in [1.807, 2.05) is 32.0 Å². The van der Waals surface area contributed by atoms with E-state index in [1.165, 1.54) is 32.4 Å². The second kappa shape index (κ2) is 13.2. The van der Waals surface area contributed by atoms with Gasteiger partial charge in [0.25, 0.3) is 0 Å². The maximum Gasteiger partial charge on any atom is 0.302 e. The van der Waals surface area contributed by atoms with Crippen LogP contribution in [0.3, 0.4) is 0 Å². The van der Waals surface area contributed by atoms with Crippen LogP contribution in [0.5, 0.6) is 11.5 Å². The molecule has 8 heteroatoms. The van der Waals surface area contributed by atoms with Crippen molar-refractivity contribution in [1.29, 1.82) is 0 Å². The second-order valence-corrected chi connectivity index (χ2v) is 8.50. The minimum atomic E-state index is -1.97. The van der Waals surface area contributed by atoms with Crippen LogP contribution >= 0.6 is 0 Å². The lowest BCUT2D eigenvalue weighted by Gasteiger charge is -2.27. The quantitative estimate of drug-likeness (QED) is 0.237. The third-order valence-electron chi connectivity index (χ3n) is 5.78. The van der Waals surface area contributed by atoms with Gasteiger partial charge in [0.1, 0.15) is 13.2 Å². The fraction of sp³-hybridized carbons (Fsp3) is 0.310. The third kappa shape index (κ3) is 7.90. The molecule has 0 saturated carbocycles. The van der Waals surface area contributed by atoms with Crippen LogP contribution in [0.1, 0.15) is 36.1 Å². The van der Waals surface area contributed by atoms with Crippen molar-refractivity contribution < 1.29 is 38.1 Å². The number of esters is 2. The highest BCUT2D eigenvalue weighted by atomic mass is 16.5. The number of ether oxygens (including phenoxy) is 4. The lowest BCUT2D eigenvalue weighted by atomic mass is 9.79. The number of methoxy groups -OCH3 is 2. The molecule has 2 rings (SSSR count). The molecule has 2 aromatic rings. The van der Waals surface area contributed by atoms with Gasteiger partial charge in [-0.15, -0.1) is 0 Å². The van der Waals surface area contributed by atoms with Gasteiger partial charge in [-0.3, -0.25) is 19.2 Å². The number of allylic oxidation sites excluding steroid dienone is 2. The number of carbonyl (C=O) groups is 4. The molecule has 0 saturated heterocycles. The summed E-state index contributed by atoms with van der Waals surface area (Å²) in [5.41, 5.74) is 1.50. The Morgan fingerprint density at radius 3 is 1.65 bits per heavy atom. The zero-order valence-electron chi connectivity index (χ0n) is 22.0. The van der Waals surface area contributed by atoms with Gasteiger partial charge in [0.05, 0.1) is 14.2 Å². The van der Waals surface area contributed by atoms with Crippen molar-refractivity contribution in [1.82, 2.24) is 0 Å². The smallest absolute Gasteiger partial charge is 0.302 e. The van der Waals surface area contributed by atoms with Crippen molar-refractivity contribution >= 4 is 35.7 Å². The molecule has 0 aliphatic carbocycles. The Labute approximate surface area is 216 Å². The molecule has 8 nitrogen and oxygen atoms in total. The summed E-state index contributed by atoms with van der Waals surface area (Å²) >= 11 is 0. The van der Waals surface area contributed by atoms with Crippen LogP contribution in [-0.2, 0) is 28.7 Å². The van der Waals surface area contributed by atoms with Gasteiger partial charge >= 0.3 is 11.9 Å². The van der Waals surface area contributed by atoms with Gasteiger partial charge < -0.3 is 18.9 Å². The van der Waals surface area contributed by atoms with Gasteiger partial charge in [-0.1, -0.05) is 36.4 Å². The fourth-order valence-electron chi connectivity index (χ4n) is 3.38. The predicted molar refractivity (Wildman–Crippen MR) is 139 cm³/mol. The molecule has 37 heavy (non-hydrogen) atoms. The summed E-state index contributed by atoms with van der Waals surface area (Å²) in [6.45, 7) is 5.05. The van der Waals surface area contributed by atoms with Crippen LogP contribution in [-0.4, -0.2) is 50.9 Å². The third-order valence-corrected chi connectivity index (χ3v) is 5.78. The summed E-state index contributed by atoms with van der Waals surface area (Å²) in [7, 11) is 2.99. The molecule has 196 valence electrons. The van der Waals surface area contributed by atoms with E-state index < -0.39 is 42.1 Å². The molecule has 0 aromatic heterocycles. The van der Waals surface area contributed by atoms with Gasteiger partial charge in [0, 0.05) is 13.8 Å². The fourth-order valence-corrected chi connectivity index (χ4v) is 3.38. The number of rotatable bonds is 12. The SMILES string of the molecule is COc1ccc(/C=C/C(=O)C(COC(C)=O)(COC(C)=O)C(=O)/C=C/c2ccc(C)c(C)c2)cc1OC. The number of hydrogen-bond donors (Lipinski definition) is 0. The van der Waals surface area contributed by atoms with Crippen molar-refractivity contribution in [2.75, 3.05) is 27.4 Å². The zero-order chi connectivity index (χ0) is 27.6. The Bertz CT molecular complexity index is 1200. The van der Waals surface area contributed by atoms with Crippen molar-refractivity contribution in [3.63, 3.8) is 0 Å². The Kier molecular flexibility index (Phi) is 10.4. The summed E-state index contributed by atoms with van der Waals surface area (Å²) in [5, 5.41) is 0. The highest BCUT2D eigenvalue weighted by Crippen LogP contribution is 2.29. The average molecular weight is 509 g/mol. The number of aryl methyl sites for hydroxylation is 2. The summed E-state index contributed by atoms with van der Waals surface area (Å²) in [6.07, 6.45) is 5.48. The van der Waals surface area contributed by atoms with E-state index in [-0.39, 0.29) is 0 Å². The Morgan fingerprint density at radius 2 is 1.19 bits per heavy atom. The molecule has 0 heterocycles. The molecule has 0 unspecified atom stereocenters. The Hall–Kier alpha value is -4.20. The lowest BCUT2D eigenvalue weighted by Crippen LogP contribution is -2.46. The number of benzene rings is 2. The zero-order valence-corrected chi connectivity index (χ0v) is 22.0. The van der Waals surface area contributed by atoms with E-state index in [9.17, 15) is 19.2 Å². The lowest BCUT2D eigenvalue weighted by molar-refractivity contribution is -0.157. The standard InChI is InChI=1S/C29H32O8/c1-19-7-8-23(15-20(19)2)10-13-27(32)29(17-36-21(3)30,18-37-22(4)31)28(33)14-11-24-9-12-25(34-5)26(16-24)35-6/h7-16H,17-18H2,1-6H3/b13-10+,14-11+. The van der Waals surface area contributed by atoms with E-state index in [0.717, 1.165) is 30.5 Å². The van der Waals surface area contributed by atoms with Crippen LogP contribution in [0.4, 0.5) is 0 Å². The summed E-state index contributed by atoms with van der Waals surface area (Å²) in [4.78, 5) is 50.2. The first-order chi connectivity index (χ1) is 17.5. The van der Waals surface area contributed by atoms with Gasteiger partial charge in [-0.25, -0.2) is 0 Å². The van der Waals surface area contributed by atoms with Crippen LogP contribution in [0.15, 0.2) is 48.6 Å². The number of carbonyl (C=O) groups excluding carboxylic acids is 4. The molecule has 0 aliphatic heterocycles. The molecule has 0 aliphatic rings. The van der Waals surface area contributed by atoms with Crippen molar-refractivity contribution in [3.05, 3.63) is 70.8 Å². The van der Waals surface area contributed by atoms with E-state index in [0.29, 0.717) is 17.1 Å². The van der Waals surface area contributed by atoms with E-state index in [1.54, 1.807) is 24.3 Å². The predicted octanol–water partition coefficient (Wildman–Crippen LogP) is 4.30. The molecule has 0 atom stereocenters. The van der Waals surface area contributed by atoms with Crippen molar-refractivity contribution in [3.8, 4) is 11.5 Å². The maximum absolute atomic E-state index is 13.5. The molecule has 2 aromatic carbocycles. The summed E-state index contributed by atoms with van der Waals surface area (Å²) < 4.78 is 20.7. The Balaban J connectivity index is 2.48. The molecule has 0 spiro atoms. The van der Waals surface area contributed by atoms with Gasteiger partial charge in [-0.05, 0) is 60.4 Å². The molecule has 0 fully saturated rings. The van der Waals surface area contributed by atoms with Crippen LogP contribution < -0.4 is 9.47 Å². The largest absolute Gasteiger partial charge is 0.493 e. The highest BCUT2D eigenvalue weighted by Gasteiger charge is 2.45. The van der Waals surface area contributed by atoms with Crippen molar-refractivity contribution in [2.24, 2.45) is 5.41 Å². The second-order valence-electron chi connectivity index (χ2n) is 8.50. The minimum Gasteiger partial charge on any atom is -0.493 e. The molecular formula is C29H32O8. The van der Waals surface area contributed by atoms with Gasteiger partial charge in [0.2, 0.25) is 0 Å². The highest BCUT2D eigenvalue weighted by molar-refractivity contribution is 6.18. The van der Waals surface area contributed by atoms with E-state index in [4.69, 9.17) is 18.9 Å². The first-order valence-corrected chi connectivity index (χ1v) is 11.5. The van der Waals surface area contributed by atoms with Gasteiger partial charge in [0.15, 0.2) is 28.5 Å². The van der Waals surface area contributed by atoms with Crippen LogP contribution in [0, 0.1) is 19.3 Å². The molecule has 0 radical (unpaired) electrons. The van der Waals surface area contributed by atoms with E-state index >= 15 is 0 Å². The average Bonchev–Trinajstić information content (AvgIpc) is 2.87. The molecule has 0 amide bonds. The number of ketones is 2. The monoisotopic (exact) mass is 508 g/mol.